The molecule has 0 atom stereocenters. The van der Waals surface area contributed by atoms with Crippen LogP contribution in [0.4, 0.5) is 13.2 Å². The highest BCUT2D eigenvalue weighted by molar-refractivity contribution is 5.67. The third-order valence-corrected chi connectivity index (χ3v) is 2.69. The number of hydrogen-bond donors (Lipinski definition) is 2. The Morgan fingerprint density at radius 1 is 0.947 bits per heavy atom. The van der Waals surface area contributed by atoms with Crippen LogP contribution >= 0.6 is 0 Å². The molecule has 2 aromatic carbocycles. The molecule has 5 heteroatoms. The maximum absolute atomic E-state index is 12.7. The number of hydrogen-bond acceptors (Lipinski definition) is 2. The minimum absolute atomic E-state index is 0.196. The number of rotatable bonds is 2. The highest BCUT2D eigenvalue weighted by Crippen LogP contribution is 2.35. The van der Waals surface area contributed by atoms with Crippen LogP contribution in [0.3, 0.4) is 0 Å². The van der Waals surface area contributed by atoms with E-state index in [1.54, 1.807) is 24.3 Å². The molecule has 2 N–H and O–H groups in total. The smallest absolute Gasteiger partial charge is 0.416 e. The minimum atomic E-state index is -4.51. The number of phenolic OH excluding ortho intramolecular Hbond substituents is 1. The van der Waals surface area contributed by atoms with Crippen LogP contribution in [0.1, 0.15) is 11.1 Å². The lowest BCUT2D eigenvalue weighted by Gasteiger charge is -2.10. The molecule has 0 heterocycles. The molecule has 0 amide bonds. The summed E-state index contributed by atoms with van der Waals surface area (Å²) >= 11 is 0. The number of aliphatic hydroxyl groups excluding tert-OH is 1. The maximum Gasteiger partial charge on any atom is 0.416 e. The van der Waals surface area contributed by atoms with Gasteiger partial charge in [0, 0.05) is 0 Å². The molecule has 0 aliphatic carbocycles. The second-order valence-electron chi connectivity index (χ2n) is 4.12. The van der Waals surface area contributed by atoms with Crippen LogP contribution in [-0.2, 0) is 12.8 Å². The number of aromatic hydroxyl groups is 1. The molecule has 2 aromatic rings. The lowest BCUT2D eigenvalue weighted by atomic mass is 10.0. The van der Waals surface area contributed by atoms with Crippen LogP contribution in [0, 0.1) is 0 Å². The molecule has 2 nitrogen and oxygen atoms in total. The van der Waals surface area contributed by atoms with Gasteiger partial charge in [0.1, 0.15) is 5.75 Å². The first kappa shape index (κ1) is 13.4. The molecule has 0 aromatic heterocycles. The molecule has 0 spiro atoms. The Morgan fingerprint density at radius 3 is 2.32 bits per heavy atom. The van der Waals surface area contributed by atoms with Crippen LogP contribution in [0.15, 0.2) is 42.5 Å². The van der Waals surface area contributed by atoms with Gasteiger partial charge in [-0.1, -0.05) is 18.2 Å². The highest BCUT2D eigenvalue weighted by Gasteiger charge is 2.31. The second-order valence-corrected chi connectivity index (χ2v) is 4.12. The van der Waals surface area contributed by atoms with Gasteiger partial charge in [-0.15, -0.1) is 0 Å². The summed E-state index contributed by atoms with van der Waals surface area (Å²) < 4.78 is 38.0. The van der Waals surface area contributed by atoms with Gasteiger partial charge in [0.2, 0.25) is 0 Å². The molecule has 100 valence electrons. The molecular weight excluding hydrogens is 257 g/mol. The van der Waals surface area contributed by atoms with E-state index in [9.17, 15) is 18.3 Å². The van der Waals surface area contributed by atoms with Crippen molar-refractivity contribution in [3.8, 4) is 16.9 Å². The predicted molar refractivity (Wildman–Crippen MR) is 64.5 cm³/mol. The van der Waals surface area contributed by atoms with Crippen molar-refractivity contribution in [2.45, 2.75) is 12.8 Å². The van der Waals surface area contributed by atoms with E-state index in [-0.39, 0.29) is 12.2 Å². The van der Waals surface area contributed by atoms with Crippen LogP contribution in [0.25, 0.3) is 11.1 Å². The van der Waals surface area contributed by atoms with E-state index in [1.807, 2.05) is 0 Å². The average Bonchev–Trinajstić information content (AvgIpc) is 2.37. The van der Waals surface area contributed by atoms with E-state index in [4.69, 9.17) is 5.11 Å². The lowest BCUT2D eigenvalue weighted by Crippen LogP contribution is -2.04. The fourth-order valence-corrected chi connectivity index (χ4v) is 1.79. The van der Waals surface area contributed by atoms with Gasteiger partial charge in [-0.2, -0.15) is 13.2 Å². The third kappa shape index (κ3) is 3.06. The summed E-state index contributed by atoms with van der Waals surface area (Å²) in [5, 5.41) is 18.4. The topological polar surface area (TPSA) is 40.5 Å². The lowest BCUT2D eigenvalue weighted by molar-refractivity contribution is -0.137. The van der Waals surface area contributed by atoms with E-state index in [1.165, 1.54) is 6.07 Å². The fraction of sp³-hybridized carbons (Fsp3) is 0.143. The van der Waals surface area contributed by atoms with E-state index in [0.717, 1.165) is 6.07 Å². The van der Waals surface area contributed by atoms with Gasteiger partial charge in [-0.3, -0.25) is 0 Å². The number of benzene rings is 2. The monoisotopic (exact) mass is 268 g/mol. The molecule has 0 aliphatic rings. The van der Waals surface area contributed by atoms with Crippen molar-refractivity contribution in [1.29, 1.82) is 0 Å². The Morgan fingerprint density at radius 2 is 1.68 bits per heavy atom. The molecule has 0 fully saturated rings. The number of alkyl halides is 3. The van der Waals surface area contributed by atoms with Crippen LogP contribution in [0.2, 0.25) is 0 Å². The van der Waals surface area contributed by atoms with Gasteiger partial charge in [0.15, 0.2) is 0 Å². The number of phenols is 1. The summed E-state index contributed by atoms with van der Waals surface area (Å²) in [5.41, 5.74) is 0.446. The summed E-state index contributed by atoms with van der Waals surface area (Å²) in [6.45, 7) is -0.196. The first-order valence-electron chi connectivity index (χ1n) is 5.51. The standard InChI is InChI=1S/C14H11F3O2/c15-14(16,17)12-5-11(6-13(19)7-12)10-3-1-2-9(4-10)8-18/h1-7,18-19H,8H2. The van der Waals surface area contributed by atoms with Gasteiger partial charge in [-0.05, 0) is 41.0 Å². The minimum Gasteiger partial charge on any atom is -0.508 e. The maximum atomic E-state index is 12.7. The van der Waals surface area contributed by atoms with Crippen molar-refractivity contribution in [1.82, 2.24) is 0 Å². The Hall–Kier alpha value is -2.01. The van der Waals surface area contributed by atoms with E-state index in [0.29, 0.717) is 17.2 Å². The van der Waals surface area contributed by atoms with Gasteiger partial charge in [-0.25, -0.2) is 0 Å². The summed E-state index contributed by atoms with van der Waals surface area (Å²) in [6, 6.07) is 9.40. The first-order chi connectivity index (χ1) is 8.90. The quantitative estimate of drug-likeness (QED) is 0.874. The summed E-state index contributed by atoms with van der Waals surface area (Å²) in [5.74, 6) is -0.445. The average molecular weight is 268 g/mol. The SMILES string of the molecule is OCc1cccc(-c2cc(O)cc(C(F)(F)F)c2)c1. The first-order valence-corrected chi connectivity index (χ1v) is 5.51. The predicted octanol–water partition coefficient (Wildman–Crippen LogP) is 3.57. The van der Waals surface area contributed by atoms with Gasteiger partial charge in [0.25, 0.3) is 0 Å². The molecule has 0 aliphatic heterocycles. The normalized spacial score (nSPS) is 11.6. The second kappa shape index (κ2) is 4.93. The van der Waals surface area contributed by atoms with E-state index < -0.39 is 17.5 Å². The zero-order valence-electron chi connectivity index (χ0n) is 9.78. The van der Waals surface area contributed by atoms with E-state index >= 15 is 0 Å². The van der Waals surface area contributed by atoms with E-state index in [2.05, 4.69) is 0 Å². The van der Waals surface area contributed by atoms with Crippen LogP contribution in [-0.4, -0.2) is 10.2 Å². The fourth-order valence-electron chi connectivity index (χ4n) is 1.79. The van der Waals surface area contributed by atoms with Crippen molar-refractivity contribution >= 4 is 0 Å². The molecule has 2 rings (SSSR count). The number of aliphatic hydroxyl groups is 1. The zero-order valence-corrected chi connectivity index (χ0v) is 9.78. The van der Waals surface area contributed by atoms with Gasteiger partial charge in [0.05, 0.1) is 12.2 Å². The van der Waals surface area contributed by atoms with Crippen LogP contribution in [0.5, 0.6) is 5.75 Å². The molecule has 0 saturated carbocycles. The Kier molecular flexibility index (Phi) is 3.48. The van der Waals surface area contributed by atoms with Gasteiger partial charge < -0.3 is 10.2 Å². The largest absolute Gasteiger partial charge is 0.508 e. The third-order valence-electron chi connectivity index (χ3n) is 2.69. The Labute approximate surface area is 107 Å². The molecule has 0 radical (unpaired) electrons. The highest BCUT2D eigenvalue weighted by atomic mass is 19.4. The molecule has 0 bridgehead atoms. The van der Waals surface area contributed by atoms with Crippen molar-refractivity contribution in [2.24, 2.45) is 0 Å². The Bertz CT molecular complexity index is 591. The molecular formula is C14H11F3O2. The zero-order chi connectivity index (χ0) is 14.0. The van der Waals surface area contributed by atoms with Crippen molar-refractivity contribution in [2.75, 3.05) is 0 Å². The van der Waals surface area contributed by atoms with Crippen LogP contribution < -0.4 is 0 Å². The number of halogens is 3. The molecule has 0 unspecified atom stereocenters. The molecule has 19 heavy (non-hydrogen) atoms. The van der Waals surface area contributed by atoms with Crippen molar-refractivity contribution < 1.29 is 23.4 Å². The summed E-state index contributed by atoms with van der Waals surface area (Å²) in [7, 11) is 0. The summed E-state index contributed by atoms with van der Waals surface area (Å²) in [6.07, 6.45) is -4.51. The van der Waals surface area contributed by atoms with Gasteiger partial charge >= 0.3 is 6.18 Å². The van der Waals surface area contributed by atoms with Crippen molar-refractivity contribution in [3.05, 3.63) is 53.6 Å². The Balaban J connectivity index is 2.53. The van der Waals surface area contributed by atoms with Crippen molar-refractivity contribution in [3.63, 3.8) is 0 Å². The molecule has 0 saturated heterocycles. The summed E-state index contributed by atoms with van der Waals surface area (Å²) in [4.78, 5) is 0.